The SMILES string of the molecule is CC1(C)C(NS(=O)(=O)c2ccc(C#N)cc2N)C1(C)C. The standard InChI is InChI=1S/C14H19N3O2S/c1-13(2)12(14(13,3)4)17-20(18,19)11-6-5-9(8-15)7-10(11)16/h5-7,12,17H,16H2,1-4H3. The first-order valence-electron chi connectivity index (χ1n) is 6.36. The smallest absolute Gasteiger partial charge is 0.242 e. The molecule has 6 heteroatoms. The highest BCUT2D eigenvalue weighted by Gasteiger charge is 2.66. The molecular weight excluding hydrogens is 274 g/mol. The number of nitriles is 1. The van der Waals surface area contributed by atoms with Crippen molar-refractivity contribution >= 4 is 15.7 Å². The van der Waals surface area contributed by atoms with Crippen LogP contribution in [0.25, 0.3) is 0 Å². The zero-order valence-corrected chi connectivity index (χ0v) is 12.9. The Morgan fingerprint density at radius 3 is 2.20 bits per heavy atom. The maximum Gasteiger partial charge on any atom is 0.242 e. The summed E-state index contributed by atoms with van der Waals surface area (Å²) >= 11 is 0. The Kier molecular flexibility index (Phi) is 3.12. The number of benzene rings is 1. The van der Waals surface area contributed by atoms with Gasteiger partial charge in [0, 0.05) is 6.04 Å². The Labute approximate surface area is 119 Å². The molecule has 108 valence electrons. The summed E-state index contributed by atoms with van der Waals surface area (Å²) in [7, 11) is -3.68. The monoisotopic (exact) mass is 293 g/mol. The average Bonchev–Trinajstić information content (AvgIpc) is 2.70. The van der Waals surface area contributed by atoms with Crippen molar-refractivity contribution in [3.8, 4) is 6.07 Å². The molecule has 0 unspecified atom stereocenters. The molecule has 0 bridgehead atoms. The molecule has 1 aromatic rings. The number of nitrogen functional groups attached to an aromatic ring is 1. The van der Waals surface area contributed by atoms with Crippen LogP contribution in [0.2, 0.25) is 0 Å². The second-order valence-corrected chi connectivity index (χ2v) is 8.04. The molecule has 0 heterocycles. The van der Waals surface area contributed by atoms with E-state index in [1.54, 1.807) is 0 Å². The number of nitrogens with one attached hydrogen (secondary N) is 1. The summed E-state index contributed by atoms with van der Waals surface area (Å²) in [6, 6.07) is 6.00. The lowest BCUT2D eigenvalue weighted by atomic mass is 10.0. The molecule has 1 fully saturated rings. The van der Waals surface area contributed by atoms with E-state index >= 15 is 0 Å². The minimum absolute atomic E-state index is 0.0231. The summed E-state index contributed by atoms with van der Waals surface area (Å²) in [5.41, 5.74) is 5.98. The first-order chi connectivity index (χ1) is 9.04. The summed E-state index contributed by atoms with van der Waals surface area (Å²) in [4.78, 5) is 0.0231. The van der Waals surface area contributed by atoms with Crippen LogP contribution < -0.4 is 10.5 Å². The van der Waals surface area contributed by atoms with E-state index in [-0.39, 0.29) is 27.5 Å². The molecule has 0 aliphatic heterocycles. The Bertz CT molecular complexity index is 686. The molecule has 1 aliphatic rings. The van der Waals surface area contributed by atoms with Crippen LogP contribution in [0.3, 0.4) is 0 Å². The van der Waals surface area contributed by atoms with Crippen molar-refractivity contribution < 1.29 is 8.42 Å². The molecule has 5 nitrogen and oxygen atoms in total. The molecule has 3 N–H and O–H groups in total. The van der Waals surface area contributed by atoms with Gasteiger partial charge in [-0.3, -0.25) is 0 Å². The van der Waals surface area contributed by atoms with Crippen LogP contribution in [-0.2, 0) is 10.0 Å². The van der Waals surface area contributed by atoms with Gasteiger partial charge in [-0.05, 0) is 29.0 Å². The molecule has 0 saturated heterocycles. The summed E-state index contributed by atoms with van der Waals surface area (Å²) in [5, 5.41) is 8.78. The molecular formula is C14H19N3O2S. The van der Waals surface area contributed by atoms with Crippen molar-refractivity contribution in [3.63, 3.8) is 0 Å². The zero-order valence-electron chi connectivity index (χ0n) is 12.1. The van der Waals surface area contributed by atoms with E-state index < -0.39 is 10.0 Å². The molecule has 0 spiro atoms. The molecule has 1 aliphatic carbocycles. The minimum Gasteiger partial charge on any atom is -0.398 e. The van der Waals surface area contributed by atoms with Crippen molar-refractivity contribution in [2.45, 2.75) is 38.6 Å². The number of hydrogen-bond donors (Lipinski definition) is 2. The Hall–Kier alpha value is -1.58. The number of nitrogens with zero attached hydrogens (tertiary/aromatic N) is 1. The van der Waals surface area contributed by atoms with Crippen LogP contribution in [0.4, 0.5) is 5.69 Å². The average molecular weight is 293 g/mol. The summed E-state index contributed by atoms with van der Waals surface area (Å²) in [6.45, 7) is 8.12. The van der Waals surface area contributed by atoms with Gasteiger partial charge in [-0.2, -0.15) is 5.26 Å². The third-order valence-corrected chi connectivity index (χ3v) is 6.22. The van der Waals surface area contributed by atoms with Crippen LogP contribution >= 0.6 is 0 Å². The van der Waals surface area contributed by atoms with Gasteiger partial charge >= 0.3 is 0 Å². The summed E-state index contributed by atoms with van der Waals surface area (Å²) in [6.07, 6.45) is 0. The van der Waals surface area contributed by atoms with Crippen LogP contribution in [0.15, 0.2) is 23.1 Å². The van der Waals surface area contributed by atoms with Crippen LogP contribution in [-0.4, -0.2) is 14.5 Å². The lowest BCUT2D eigenvalue weighted by Crippen LogP contribution is -2.30. The number of hydrogen-bond acceptors (Lipinski definition) is 4. The first kappa shape index (κ1) is 14.8. The zero-order chi connectivity index (χ0) is 15.3. The molecule has 20 heavy (non-hydrogen) atoms. The second kappa shape index (κ2) is 4.21. The summed E-state index contributed by atoms with van der Waals surface area (Å²) in [5.74, 6) is 0. The molecule has 0 aromatic heterocycles. The normalized spacial score (nSPS) is 20.4. The lowest BCUT2D eigenvalue weighted by molar-refractivity contribution is 0.457. The van der Waals surface area contributed by atoms with Crippen LogP contribution in [0.5, 0.6) is 0 Å². The predicted octanol–water partition coefficient (Wildman–Crippen LogP) is 1.85. The van der Waals surface area contributed by atoms with E-state index in [1.165, 1.54) is 18.2 Å². The fraction of sp³-hybridized carbons (Fsp3) is 0.500. The highest BCUT2D eigenvalue weighted by molar-refractivity contribution is 7.89. The van der Waals surface area contributed by atoms with Gasteiger partial charge in [0.1, 0.15) is 4.90 Å². The largest absolute Gasteiger partial charge is 0.398 e. The maximum atomic E-state index is 12.4. The molecule has 2 rings (SSSR count). The first-order valence-corrected chi connectivity index (χ1v) is 7.84. The highest BCUT2D eigenvalue weighted by atomic mass is 32.2. The molecule has 0 amide bonds. The quantitative estimate of drug-likeness (QED) is 0.831. The molecule has 1 aromatic carbocycles. The van der Waals surface area contributed by atoms with Crippen LogP contribution in [0.1, 0.15) is 33.3 Å². The number of anilines is 1. The fourth-order valence-corrected chi connectivity index (χ4v) is 4.22. The number of rotatable bonds is 3. The second-order valence-electron chi connectivity index (χ2n) is 6.36. The van der Waals surface area contributed by atoms with Gasteiger partial charge in [-0.25, -0.2) is 13.1 Å². The minimum atomic E-state index is -3.68. The van der Waals surface area contributed by atoms with E-state index in [0.717, 1.165) is 0 Å². The third kappa shape index (κ3) is 2.07. The third-order valence-electron chi connectivity index (χ3n) is 4.72. The lowest BCUT2D eigenvalue weighted by Gasteiger charge is -2.10. The van der Waals surface area contributed by atoms with Crippen molar-refractivity contribution in [1.29, 1.82) is 5.26 Å². The van der Waals surface area contributed by atoms with Gasteiger partial charge in [-0.1, -0.05) is 27.7 Å². The van der Waals surface area contributed by atoms with Gasteiger partial charge in [0.2, 0.25) is 10.0 Å². The molecule has 1 saturated carbocycles. The van der Waals surface area contributed by atoms with Gasteiger partial charge < -0.3 is 5.73 Å². The highest BCUT2D eigenvalue weighted by Crippen LogP contribution is 2.63. The van der Waals surface area contributed by atoms with Gasteiger partial charge in [-0.15, -0.1) is 0 Å². The molecule has 0 atom stereocenters. The van der Waals surface area contributed by atoms with E-state index in [4.69, 9.17) is 11.0 Å². The Morgan fingerprint density at radius 1 is 1.25 bits per heavy atom. The van der Waals surface area contributed by atoms with Crippen molar-refractivity contribution in [2.75, 3.05) is 5.73 Å². The summed E-state index contributed by atoms with van der Waals surface area (Å²) < 4.78 is 27.5. The molecule has 0 radical (unpaired) electrons. The van der Waals surface area contributed by atoms with E-state index in [0.29, 0.717) is 5.56 Å². The van der Waals surface area contributed by atoms with Gasteiger partial charge in [0.25, 0.3) is 0 Å². The van der Waals surface area contributed by atoms with Crippen LogP contribution in [0, 0.1) is 22.2 Å². The Balaban J connectivity index is 2.32. The van der Waals surface area contributed by atoms with E-state index in [2.05, 4.69) is 4.72 Å². The topological polar surface area (TPSA) is 96.0 Å². The van der Waals surface area contributed by atoms with Gasteiger partial charge in [0.15, 0.2) is 0 Å². The van der Waals surface area contributed by atoms with Crippen molar-refractivity contribution in [3.05, 3.63) is 23.8 Å². The van der Waals surface area contributed by atoms with Gasteiger partial charge in [0.05, 0.1) is 17.3 Å². The van der Waals surface area contributed by atoms with E-state index in [9.17, 15) is 8.42 Å². The number of sulfonamides is 1. The van der Waals surface area contributed by atoms with Crippen molar-refractivity contribution in [1.82, 2.24) is 4.72 Å². The van der Waals surface area contributed by atoms with E-state index in [1.807, 2.05) is 33.8 Å². The Morgan fingerprint density at radius 2 is 1.80 bits per heavy atom. The maximum absolute atomic E-state index is 12.4. The van der Waals surface area contributed by atoms with Crippen molar-refractivity contribution in [2.24, 2.45) is 10.8 Å². The predicted molar refractivity (Wildman–Crippen MR) is 77.2 cm³/mol. The fourth-order valence-electron chi connectivity index (χ4n) is 2.57. The number of nitrogens with two attached hydrogens (primary N) is 1.